The van der Waals surface area contributed by atoms with Gasteiger partial charge < -0.3 is 10.0 Å². The summed E-state index contributed by atoms with van der Waals surface area (Å²) in [5.41, 5.74) is 0.124. The number of anilines is 1. The summed E-state index contributed by atoms with van der Waals surface area (Å²) in [6, 6.07) is 2.62. The van der Waals surface area contributed by atoms with Gasteiger partial charge in [-0.2, -0.15) is 0 Å². The SMILES string of the molecule is O=C(O)c1ccc(N2CC(F)(F)C2)c(Cl)n1. The molecule has 0 amide bonds. The van der Waals surface area contributed by atoms with Gasteiger partial charge in [-0.25, -0.2) is 18.6 Å². The topological polar surface area (TPSA) is 53.4 Å². The molecule has 0 spiro atoms. The normalized spacial score (nSPS) is 18.1. The number of nitrogens with zero attached hydrogens (tertiary/aromatic N) is 2. The predicted octanol–water partition coefficient (Wildman–Crippen LogP) is 1.89. The Morgan fingerprint density at radius 2 is 2.12 bits per heavy atom. The molecule has 16 heavy (non-hydrogen) atoms. The first-order valence-corrected chi connectivity index (χ1v) is 4.79. The molecule has 0 radical (unpaired) electrons. The molecular weight excluding hydrogens is 242 g/mol. The number of halogens is 3. The minimum absolute atomic E-state index is 0.0737. The van der Waals surface area contributed by atoms with Crippen molar-refractivity contribution in [3.05, 3.63) is 23.0 Å². The maximum atomic E-state index is 12.6. The first kappa shape index (κ1) is 11.1. The van der Waals surface area contributed by atoms with Gasteiger partial charge in [-0.05, 0) is 12.1 Å². The van der Waals surface area contributed by atoms with Crippen LogP contribution in [-0.2, 0) is 0 Å². The third-order valence-electron chi connectivity index (χ3n) is 2.23. The van der Waals surface area contributed by atoms with Crippen LogP contribution in [0.25, 0.3) is 0 Å². The first-order chi connectivity index (χ1) is 7.39. The summed E-state index contributed by atoms with van der Waals surface area (Å²) in [7, 11) is 0. The number of carboxylic acids is 1. The zero-order valence-corrected chi connectivity index (χ0v) is 8.71. The summed E-state index contributed by atoms with van der Waals surface area (Å²) in [5, 5.41) is 8.56. The average molecular weight is 249 g/mol. The van der Waals surface area contributed by atoms with E-state index in [1.807, 2.05) is 0 Å². The van der Waals surface area contributed by atoms with E-state index in [4.69, 9.17) is 16.7 Å². The summed E-state index contributed by atoms with van der Waals surface area (Å²) in [4.78, 5) is 15.5. The molecule has 2 rings (SSSR count). The Balaban J connectivity index is 2.21. The molecule has 0 aromatic carbocycles. The third kappa shape index (κ3) is 1.92. The summed E-state index contributed by atoms with van der Waals surface area (Å²) < 4.78 is 25.2. The lowest BCUT2D eigenvalue weighted by Gasteiger charge is -2.40. The van der Waals surface area contributed by atoms with Crippen LogP contribution in [-0.4, -0.2) is 35.1 Å². The van der Waals surface area contributed by atoms with Crippen LogP contribution in [0.2, 0.25) is 5.15 Å². The average Bonchev–Trinajstić information content (AvgIpc) is 2.13. The van der Waals surface area contributed by atoms with Crippen molar-refractivity contribution in [2.45, 2.75) is 5.92 Å². The predicted molar refractivity (Wildman–Crippen MR) is 53.4 cm³/mol. The second kappa shape index (κ2) is 3.55. The molecule has 86 valence electrons. The summed E-state index contributed by atoms with van der Waals surface area (Å²) in [6.45, 7) is -0.832. The smallest absolute Gasteiger partial charge is 0.354 e. The molecular formula is C9H7ClF2N2O2. The Labute approximate surface area is 94.5 Å². The van der Waals surface area contributed by atoms with E-state index >= 15 is 0 Å². The molecule has 1 saturated heterocycles. The van der Waals surface area contributed by atoms with Crippen molar-refractivity contribution < 1.29 is 18.7 Å². The van der Waals surface area contributed by atoms with Gasteiger partial charge in [0.1, 0.15) is 5.69 Å². The van der Waals surface area contributed by atoms with E-state index in [0.29, 0.717) is 5.69 Å². The number of aromatic nitrogens is 1. The standard InChI is InChI=1S/C9H7ClF2N2O2/c10-7-6(14-3-9(11,12)4-14)2-1-5(13-7)8(15)16/h1-2H,3-4H2,(H,15,16). The number of hydrogen-bond acceptors (Lipinski definition) is 3. The zero-order chi connectivity index (χ0) is 11.9. The van der Waals surface area contributed by atoms with Crippen LogP contribution in [0.3, 0.4) is 0 Å². The molecule has 4 nitrogen and oxygen atoms in total. The monoisotopic (exact) mass is 248 g/mol. The molecule has 1 fully saturated rings. The van der Waals surface area contributed by atoms with Gasteiger partial charge in [-0.1, -0.05) is 11.6 Å². The van der Waals surface area contributed by atoms with Crippen molar-refractivity contribution in [2.24, 2.45) is 0 Å². The third-order valence-corrected chi connectivity index (χ3v) is 2.51. The molecule has 7 heteroatoms. The summed E-state index contributed by atoms with van der Waals surface area (Å²) in [6.07, 6.45) is 0. The Morgan fingerprint density at radius 3 is 2.56 bits per heavy atom. The minimum Gasteiger partial charge on any atom is -0.477 e. The molecule has 0 unspecified atom stereocenters. The Hall–Kier alpha value is -1.43. The van der Waals surface area contributed by atoms with Gasteiger partial charge >= 0.3 is 5.97 Å². The van der Waals surface area contributed by atoms with Crippen molar-refractivity contribution in [3.8, 4) is 0 Å². The van der Waals surface area contributed by atoms with Crippen molar-refractivity contribution in [3.63, 3.8) is 0 Å². The number of hydrogen-bond donors (Lipinski definition) is 1. The second-order valence-electron chi connectivity index (χ2n) is 3.52. The minimum atomic E-state index is -2.70. The van der Waals surface area contributed by atoms with Gasteiger partial charge in [0.25, 0.3) is 5.92 Å². The number of carboxylic acid groups (broad SMARTS) is 1. The number of carbonyl (C=O) groups is 1. The molecule has 1 aromatic heterocycles. The van der Waals surface area contributed by atoms with E-state index in [9.17, 15) is 13.6 Å². The highest BCUT2D eigenvalue weighted by atomic mass is 35.5. The fourth-order valence-corrected chi connectivity index (χ4v) is 1.74. The largest absolute Gasteiger partial charge is 0.477 e. The molecule has 1 aliphatic rings. The molecule has 1 aromatic rings. The Bertz CT molecular complexity index is 445. The van der Waals surface area contributed by atoms with Crippen LogP contribution in [0.15, 0.2) is 12.1 Å². The van der Waals surface area contributed by atoms with Crippen molar-refractivity contribution in [1.29, 1.82) is 0 Å². The van der Waals surface area contributed by atoms with Crippen LogP contribution in [0.5, 0.6) is 0 Å². The maximum absolute atomic E-state index is 12.6. The lowest BCUT2D eigenvalue weighted by Crippen LogP contribution is -2.56. The van der Waals surface area contributed by atoms with Gasteiger partial charge in [0.2, 0.25) is 0 Å². The molecule has 0 saturated carbocycles. The van der Waals surface area contributed by atoms with E-state index in [1.165, 1.54) is 17.0 Å². The number of rotatable bonds is 2. The highest BCUT2D eigenvalue weighted by Crippen LogP contribution is 2.34. The molecule has 1 aliphatic heterocycles. The Morgan fingerprint density at radius 1 is 1.50 bits per heavy atom. The van der Waals surface area contributed by atoms with Crippen LogP contribution in [0.1, 0.15) is 10.5 Å². The van der Waals surface area contributed by atoms with Crippen molar-refractivity contribution in [1.82, 2.24) is 4.98 Å². The maximum Gasteiger partial charge on any atom is 0.354 e. The fourth-order valence-electron chi connectivity index (χ4n) is 1.46. The molecule has 2 heterocycles. The first-order valence-electron chi connectivity index (χ1n) is 4.42. The van der Waals surface area contributed by atoms with Gasteiger partial charge in [0.15, 0.2) is 5.15 Å². The Kier molecular flexibility index (Phi) is 2.46. The van der Waals surface area contributed by atoms with E-state index in [0.717, 1.165) is 0 Å². The van der Waals surface area contributed by atoms with Crippen LogP contribution >= 0.6 is 11.6 Å². The lowest BCUT2D eigenvalue weighted by molar-refractivity contribution is -0.0262. The van der Waals surface area contributed by atoms with E-state index in [1.54, 1.807) is 0 Å². The van der Waals surface area contributed by atoms with Gasteiger partial charge in [0, 0.05) is 0 Å². The summed E-state index contributed by atoms with van der Waals surface area (Å²) in [5.74, 6) is -3.91. The fraction of sp³-hybridized carbons (Fsp3) is 0.333. The molecule has 1 N–H and O–H groups in total. The van der Waals surface area contributed by atoms with E-state index < -0.39 is 25.0 Å². The highest BCUT2D eigenvalue weighted by Gasteiger charge is 2.44. The zero-order valence-electron chi connectivity index (χ0n) is 7.95. The van der Waals surface area contributed by atoms with E-state index in [-0.39, 0.29) is 10.8 Å². The van der Waals surface area contributed by atoms with Crippen LogP contribution in [0, 0.1) is 0 Å². The molecule has 0 bridgehead atoms. The van der Waals surface area contributed by atoms with Crippen LogP contribution < -0.4 is 4.90 Å². The highest BCUT2D eigenvalue weighted by molar-refractivity contribution is 6.32. The number of aromatic carboxylic acids is 1. The quantitative estimate of drug-likeness (QED) is 0.812. The molecule has 0 aliphatic carbocycles. The second-order valence-corrected chi connectivity index (χ2v) is 3.88. The van der Waals surface area contributed by atoms with Crippen molar-refractivity contribution >= 4 is 23.3 Å². The molecule has 0 atom stereocenters. The van der Waals surface area contributed by atoms with Gasteiger partial charge in [0.05, 0.1) is 18.8 Å². The lowest BCUT2D eigenvalue weighted by atomic mass is 10.1. The summed E-state index contributed by atoms with van der Waals surface area (Å²) >= 11 is 5.71. The number of pyridine rings is 1. The van der Waals surface area contributed by atoms with Crippen molar-refractivity contribution in [2.75, 3.05) is 18.0 Å². The number of alkyl halides is 2. The van der Waals surface area contributed by atoms with Crippen LogP contribution in [0.4, 0.5) is 14.5 Å². The van der Waals surface area contributed by atoms with E-state index in [2.05, 4.69) is 4.98 Å². The van der Waals surface area contributed by atoms with Gasteiger partial charge in [-0.15, -0.1) is 0 Å². The van der Waals surface area contributed by atoms with Gasteiger partial charge in [-0.3, -0.25) is 0 Å².